The number of nitrogens with one attached hydrogen (secondary N) is 4. The number of hydrogen-bond acceptors (Lipinski definition) is 5. The summed E-state index contributed by atoms with van der Waals surface area (Å²) in [5.74, 6) is -0.466. The summed E-state index contributed by atoms with van der Waals surface area (Å²) in [5.41, 5.74) is 9.84. The highest BCUT2D eigenvalue weighted by molar-refractivity contribution is 6.50. The number of carbonyl (C=O) groups excluding carboxylic acids is 2. The number of H-pyrrole nitrogens is 2. The number of imide groups is 1. The monoisotopic (exact) mass is 512 g/mol. The van der Waals surface area contributed by atoms with Gasteiger partial charge in [-0.1, -0.05) is 36.4 Å². The summed E-state index contributed by atoms with van der Waals surface area (Å²) in [4.78, 5) is 35.5. The molecule has 2 aromatic heterocycles. The van der Waals surface area contributed by atoms with Crippen molar-refractivity contribution in [1.82, 2.24) is 25.5 Å². The van der Waals surface area contributed by atoms with Crippen molar-refractivity contribution >= 4 is 44.8 Å². The van der Waals surface area contributed by atoms with Crippen LogP contribution in [0.4, 0.5) is 0 Å². The number of nitrogens with two attached hydrogens (primary N) is 1. The number of aromatic amines is 2. The molecule has 2 amide bonds. The lowest BCUT2D eigenvalue weighted by molar-refractivity contribution is -0.136. The molecular weight excluding hydrogens is 476 g/mol. The summed E-state index contributed by atoms with van der Waals surface area (Å²) < 4.78 is 0. The molecule has 8 heteroatoms. The molecule has 0 atom stereocenters. The molecule has 5 rings (SSSR count). The first-order valence-corrected chi connectivity index (χ1v) is 13.6. The second-order valence-electron chi connectivity index (χ2n) is 9.71. The van der Waals surface area contributed by atoms with Crippen LogP contribution in [-0.4, -0.2) is 66.0 Å². The van der Waals surface area contributed by atoms with Crippen LogP contribution in [0.3, 0.4) is 0 Å². The number of para-hydroxylation sites is 2. The average Bonchev–Trinajstić information content (AvgIpc) is 3.62. The number of fused-ring (bicyclic) bond motifs is 2. The van der Waals surface area contributed by atoms with Gasteiger partial charge in [-0.2, -0.15) is 0 Å². The minimum Gasteiger partial charge on any atom is -0.361 e. The largest absolute Gasteiger partial charge is 0.361 e. The molecule has 4 aromatic rings. The first-order valence-electron chi connectivity index (χ1n) is 13.6. The van der Waals surface area contributed by atoms with Crippen LogP contribution in [-0.2, 0) is 9.59 Å². The molecule has 0 aliphatic carbocycles. The number of unbranched alkanes of at least 4 members (excludes halogenated alkanes) is 1. The van der Waals surface area contributed by atoms with Crippen molar-refractivity contribution in [2.75, 3.05) is 39.3 Å². The van der Waals surface area contributed by atoms with Gasteiger partial charge in [0.15, 0.2) is 0 Å². The minimum atomic E-state index is -0.233. The van der Waals surface area contributed by atoms with Crippen molar-refractivity contribution < 1.29 is 9.59 Å². The predicted molar refractivity (Wildman–Crippen MR) is 153 cm³/mol. The van der Waals surface area contributed by atoms with Gasteiger partial charge in [0.1, 0.15) is 0 Å². The maximum Gasteiger partial charge on any atom is 0.262 e. The molecular formula is C30H36N6O2. The molecule has 0 bridgehead atoms. The van der Waals surface area contributed by atoms with E-state index in [9.17, 15) is 9.59 Å². The van der Waals surface area contributed by atoms with E-state index in [0.717, 1.165) is 84.9 Å². The van der Waals surface area contributed by atoms with Gasteiger partial charge in [0.05, 0.1) is 11.1 Å². The average molecular weight is 513 g/mol. The number of carbonyl (C=O) groups is 2. The SMILES string of the molecule is NCCCNCCCCNCCCN1C(=O)C(c2c[nH]c3ccccc23)=C(c2c[nH]c3ccccc23)C1=O. The van der Waals surface area contributed by atoms with Crippen molar-refractivity contribution in [2.24, 2.45) is 5.73 Å². The van der Waals surface area contributed by atoms with E-state index in [0.29, 0.717) is 24.1 Å². The standard InChI is InChI=1S/C30H36N6O2/c31-13-7-16-32-14-5-6-15-33-17-8-18-36-29(37)27(23-19-34-25-11-3-1-9-21(23)25)28(30(36)38)24-20-35-26-12-4-2-10-22(24)26/h1-4,9-12,19-20,32-35H,5-8,13-18,31H2. The zero-order chi connectivity index (χ0) is 26.3. The van der Waals surface area contributed by atoms with Gasteiger partial charge < -0.3 is 26.3 Å². The molecule has 3 heterocycles. The Labute approximate surface area is 222 Å². The van der Waals surface area contributed by atoms with Crippen LogP contribution in [0, 0.1) is 0 Å². The number of amides is 2. The van der Waals surface area contributed by atoms with Gasteiger partial charge in [0.2, 0.25) is 0 Å². The Morgan fingerprint density at radius 2 is 1.13 bits per heavy atom. The quantitative estimate of drug-likeness (QED) is 0.131. The summed E-state index contributed by atoms with van der Waals surface area (Å²) in [6, 6.07) is 15.7. The van der Waals surface area contributed by atoms with Gasteiger partial charge in [-0.15, -0.1) is 0 Å². The predicted octanol–water partition coefficient (Wildman–Crippen LogP) is 3.63. The Balaban J connectivity index is 1.29. The molecule has 6 N–H and O–H groups in total. The summed E-state index contributed by atoms with van der Waals surface area (Å²) in [6.07, 6.45) is 7.58. The normalized spacial score (nSPS) is 14.1. The van der Waals surface area contributed by atoms with Crippen molar-refractivity contribution in [1.29, 1.82) is 0 Å². The highest BCUT2D eigenvalue weighted by atomic mass is 16.2. The van der Waals surface area contributed by atoms with Crippen molar-refractivity contribution in [3.8, 4) is 0 Å². The maximum absolute atomic E-state index is 13.8. The fourth-order valence-electron chi connectivity index (χ4n) is 5.17. The molecule has 0 saturated heterocycles. The second-order valence-corrected chi connectivity index (χ2v) is 9.71. The molecule has 8 nitrogen and oxygen atoms in total. The highest BCUT2D eigenvalue weighted by Gasteiger charge is 2.40. The molecule has 0 fully saturated rings. The third-order valence-electron chi connectivity index (χ3n) is 7.14. The summed E-state index contributed by atoms with van der Waals surface area (Å²) >= 11 is 0. The number of nitrogens with zero attached hydrogens (tertiary/aromatic N) is 1. The Morgan fingerprint density at radius 3 is 1.66 bits per heavy atom. The molecule has 0 saturated carbocycles. The van der Waals surface area contributed by atoms with Gasteiger partial charge >= 0.3 is 0 Å². The molecule has 1 aliphatic heterocycles. The fraction of sp³-hybridized carbons (Fsp3) is 0.333. The molecule has 0 unspecified atom stereocenters. The van der Waals surface area contributed by atoms with E-state index >= 15 is 0 Å². The molecule has 198 valence electrons. The van der Waals surface area contributed by atoms with E-state index in [1.165, 1.54) is 4.90 Å². The van der Waals surface area contributed by atoms with E-state index in [-0.39, 0.29) is 11.8 Å². The number of aromatic nitrogens is 2. The smallest absolute Gasteiger partial charge is 0.262 e. The van der Waals surface area contributed by atoms with E-state index in [1.807, 2.05) is 60.9 Å². The first kappa shape index (κ1) is 25.9. The van der Waals surface area contributed by atoms with E-state index in [4.69, 9.17) is 5.73 Å². The zero-order valence-corrected chi connectivity index (χ0v) is 21.7. The summed E-state index contributed by atoms with van der Waals surface area (Å²) in [7, 11) is 0. The Morgan fingerprint density at radius 1 is 0.658 bits per heavy atom. The van der Waals surface area contributed by atoms with E-state index in [2.05, 4.69) is 20.6 Å². The third kappa shape index (κ3) is 5.29. The lowest BCUT2D eigenvalue weighted by atomic mass is 9.95. The van der Waals surface area contributed by atoms with Gasteiger partial charge in [0.25, 0.3) is 11.8 Å². The third-order valence-corrected chi connectivity index (χ3v) is 7.14. The van der Waals surface area contributed by atoms with Gasteiger partial charge in [-0.25, -0.2) is 0 Å². The van der Waals surface area contributed by atoms with Gasteiger partial charge in [-0.3, -0.25) is 14.5 Å². The van der Waals surface area contributed by atoms with Crippen molar-refractivity contribution in [3.63, 3.8) is 0 Å². The molecule has 1 aliphatic rings. The number of benzene rings is 2. The Bertz CT molecular complexity index is 1350. The van der Waals surface area contributed by atoms with Crippen molar-refractivity contribution in [3.05, 3.63) is 72.1 Å². The Hall–Kier alpha value is -3.72. The van der Waals surface area contributed by atoms with Gasteiger partial charge in [-0.05, 0) is 70.5 Å². The van der Waals surface area contributed by atoms with E-state index < -0.39 is 0 Å². The first-order chi connectivity index (χ1) is 18.7. The van der Waals surface area contributed by atoms with Crippen LogP contribution in [0.15, 0.2) is 60.9 Å². The van der Waals surface area contributed by atoms with E-state index in [1.54, 1.807) is 0 Å². The summed E-state index contributed by atoms with van der Waals surface area (Å²) in [6.45, 7) is 4.73. The maximum atomic E-state index is 13.8. The molecule has 0 radical (unpaired) electrons. The van der Waals surface area contributed by atoms with Crippen LogP contribution in [0.1, 0.15) is 36.8 Å². The highest BCUT2D eigenvalue weighted by Crippen LogP contribution is 2.40. The molecule has 2 aromatic carbocycles. The van der Waals surface area contributed by atoms with Crippen LogP contribution >= 0.6 is 0 Å². The van der Waals surface area contributed by atoms with Gasteiger partial charge in [0, 0.05) is 51.9 Å². The molecule has 38 heavy (non-hydrogen) atoms. The topological polar surface area (TPSA) is 119 Å². The summed E-state index contributed by atoms with van der Waals surface area (Å²) in [5, 5.41) is 8.70. The van der Waals surface area contributed by atoms with Crippen LogP contribution in [0.5, 0.6) is 0 Å². The number of rotatable bonds is 14. The zero-order valence-electron chi connectivity index (χ0n) is 21.7. The van der Waals surface area contributed by atoms with Crippen LogP contribution < -0.4 is 16.4 Å². The fourth-order valence-corrected chi connectivity index (χ4v) is 5.17. The molecule has 0 spiro atoms. The Kier molecular flexibility index (Phi) is 8.33. The minimum absolute atomic E-state index is 0.233. The number of hydrogen-bond donors (Lipinski definition) is 5. The lowest BCUT2D eigenvalue weighted by Crippen LogP contribution is -2.34. The van der Waals surface area contributed by atoms with Crippen LogP contribution in [0.25, 0.3) is 33.0 Å². The van der Waals surface area contributed by atoms with Crippen molar-refractivity contribution in [2.45, 2.75) is 25.7 Å². The second kappa shape index (κ2) is 12.2. The van der Waals surface area contributed by atoms with Crippen LogP contribution in [0.2, 0.25) is 0 Å². The lowest BCUT2D eigenvalue weighted by Gasteiger charge is -2.15.